The molecule has 0 radical (unpaired) electrons. The van der Waals surface area contributed by atoms with Gasteiger partial charge < -0.3 is 19.7 Å². The van der Waals surface area contributed by atoms with Crippen molar-refractivity contribution < 1.29 is 15.0 Å². The summed E-state index contributed by atoms with van der Waals surface area (Å²) in [5, 5.41) is 18.8. The lowest BCUT2D eigenvalue weighted by molar-refractivity contribution is -0.137. The van der Waals surface area contributed by atoms with Crippen molar-refractivity contribution in [1.29, 1.82) is 0 Å². The van der Waals surface area contributed by atoms with Crippen molar-refractivity contribution in [3.8, 4) is 0 Å². The fraction of sp³-hybridized carbons (Fsp3) is 0.462. The average molecular weight is 313 g/mol. The van der Waals surface area contributed by atoms with E-state index in [-0.39, 0.29) is 11.8 Å². The van der Waals surface area contributed by atoms with E-state index in [2.05, 4.69) is 9.97 Å². The number of aliphatic carboxylic acids is 1. The summed E-state index contributed by atoms with van der Waals surface area (Å²) in [4.78, 5) is 21.0. The molecule has 0 aliphatic heterocycles. The lowest BCUT2D eigenvalue weighted by Crippen LogP contribution is -2.29. The fourth-order valence-electron chi connectivity index (χ4n) is 2.13. The predicted octanol–water partition coefficient (Wildman–Crippen LogP) is 1.38. The minimum absolute atomic E-state index is 0.0865. The Hall–Kier alpha value is -1.86. The number of halogens is 1. The van der Waals surface area contributed by atoms with Gasteiger partial charge in [0.15, 0.2) is 5.82 Å². The summed E-state index contributed by atoms with van der Waals surface area (Å²) in [5.74, 6) is -0.451. The van der Waals surface area contributed by atoms with Crippen molar-refractivity contribution in [1.82, 2.24) is 14.5 Å². The van der Waals surface area contributed by atoms with E-state index in [0.29, 0.717) is 29.8 Å². The molecule has 2 N–H and O–H groups in total. The van der Waals surface area contributed by atoms with Gasteiger partial charge in [-0.25, -0.2) is 4.98 Å². The molecule has 0 saturated heterocycles. The maximum atomic E-state index is 10.9. The van der Waals surface area contributed by atoms with E-state index in [0.717, 1.165) is 0 Å². The van der Waals surface area contributed by atoms with Crippen molar-refractivity contribution in [2.45, 2.75) is 26.0 Å². The van der Waals surface area contributed by atoms with Gasteiger partial charge in [0.2, 0.25) is 5.28 Å². The highest BCUT2D eigenvalue weighted by Gasteiger charge is 2.17. The highest BCUT2D eigenvalue weighted by molar-refractivity contribution is 6.28. The summed E-state index contributed by atoms with van der Waals surface area (Å²) in [6, 6.07) is 1.69. The van der Waals surface area contributed by atoms with Crippen LogP contribution < -0.4 is 4.90 Å². The van der Waals surface area contributed by atoms with Gasteiger partial charge in [0, 0.05) is 19.8 Å². The Balaban J connectivity index is 2.49. The number of rotatable bonds is 6. The summed E-state index contributed by atoms with van der Waals surface area (Å²) in [6.45, 7) is 2.07. The largest absolute Gasteiger partial charge is 0.480 e. The fourth-order valence-corrected chi connectivity index (χ4v) is 2.31. The molecular formula is C13H17ClN4O3. The zero-order chi connectivity index (χ0) is 15.6. The average Bonchev–Trinajstić information content (AvgIpc) is 2.79. The van der Waals surface area contributed by atoms with E-state index >= 15 is 0 Å². The van der Waals surface area contributed by atoms with Gasteiger partial charge in [-0.1, -0.05) is 6.92 Å². The van der Waals surface area contributed by atoms with Gasteiger partial charge in [0.05, 0.1) is 11.6 Å². The van der Waals surface area contributed by atoms with Crippen LogP contribution in [0.15, 0.2) is 12.3 Å². The molecule has 0 bridgehead atoms. The number of fused-ring (bicyclic) bond motifs is 1. The molecule has 0 spiro atoms. The second kappa shape index (κ2) is 6.28. The highest BCUT2D eigenvalue weighted by atomic mass is 35.5. The topological polar surface area (TPSA) is 91.5 Å². The maximum Gasteiger partial charge on any atom is 0.323 e. The van der Waals surface area contributed by atoms with Gasteiger partial charge in [0.1, 0.15) is 12.1 Å². The molecule has 0 amide bonds. The van der Waals surface area contributed by atoms with E-state index in [1.807, 2.05) is 6.92 Å². The third-order valence-electron chi connectivity index (χ3n) is 3.19. The standard InChI is InChI=1S/C13H17ClN4O3/c1-3-8(19)6-17(2)12-11-9(15-13(14)16-12)4-5-18(11)7-10(20)21/h4-5,8,19H,3,6-7H2,1-2H3,(H,20,21)/t8-/m1/s1. The third-order valence-corrected chi connectivity index (χ3v) is 3.36. The van der Waals surface area contributed by atoms with Crippen LogP contribution in [0, 0.1) is 0 Å². The van der Waals surface area contributed by atoms with Crippen molar-refractivity contribution in [3.63, 3.8) is 0 Å². The van der Waals surface area contributed by atoms with Crippen molar-refractivity contribution >= 4 is 34.4 Å². The molecular weight excluding hydrogens is 296 g/mol. The van der Waals surface area contributed by atoms with Gasteiger partial charge in [-0.15, -0.1) is 0 Å². The molecule has 2 heterocycles. The number of carboxylic acids is 1. The molecule has 0 aliphatic carbocycles. The zero-order valence-electron chi connectivity index (χ0n) is 11.8. The van der Waals surface area contributed by atoms with Crippen LogP contribution in [0.25, 0.3) is 11.0 Å². The summed E-state index contributed by atoms with van der Waals surface area (Å²) < 4.78 is 1.55. The second-order valence-corrected chi connectivity index (χ2v) is 5.17. The molecule has 1 atom stereocenters. The van der Waals surface area contributed by atoms with Gasteiger partial charge in [-0.3, -0.25) is 4.79 Å². The number of hydrogen-bond acceptors (Lipinski definition) is 5. The molecule has 2 aromatic rings. The number of aromatic nitrogens is 3. The molecule has 0 saturated carbocycles. The monoisotopic (exact) mass is 312 g/mol. The lowest BCUT2D eigenvalue weighted by Gasteiger charge is -2.22. The van der Waals surface area contributed by atoms with Crippen LogP contribution >= 0.6 is 11.6 Å². The van der Waals surface area contributed by atoms with E-state index in [1.54, 1.807) is 28.8 Å². The predicted molar refractivity (Wildman–Crippen MR) is 79.7 cm³/mol. The quantitative estimate of drug-likeness (QED) is 0.783. The van der Waals surface area contributed by atoms with Gasteiger partial charge in [-0.2, -0.15) is 4.98 Å². The van der Waals surface area contributed by atoms with E-state index in [4.69, 9.17) is 16.7 Å². The van der Waals surface area contributed by atoms with Gasteiger partial charge in [0.25, 0.3) is 0 Å². The first-order valence-corrected chi connectivity index (χ1v) is 6.93. The van der Waals surface area contributed by atoms with Crippen molar-refractivity contribution in [3.05, 3.63) is 17.5 Å². The first-order chi connectivity index (χ1) is 9.92. The summed E-state index contributed by atoms with van der Waals surface area (Å²) in [5.41, 5.74) is 1.16. The summed E-state index contributed by atoms with van der Waals surface area (Å²) in [7, 11) is 1.77. The van der Waals surface area contributed by atoms with Crippen LogP contribution in [0.4, 0.5) is 5.82 Å². The van der Waals surface area contributed by atoms with Gasteiger partial charge in [-0.05, 0) is 24.1 Å². The van der Waals surface area contributed by atoms with E-state index in [9.17, 15) is 9.90 Å². The molecule has 2 rings (SSSR count). The third kappa shape index (κ3) is 3.43. The van der Waals surface area contributed by atoms with Gasteiger partial charge >= 0.3 is 5.97 Å². The number of likely N-dealkylation sites (N-methyl/N-ethyl adjacent to an activating group) is 1. The summed E-state index contributed by atoms with van der Waals surface area (Å²) in [6.07, 6.45) is 1.75. The van der Waals surface area contributed by atoms with Crippen LogP contribution in [0.2, 0.25) is 5.28 Å². The number of hydrogen-bond donors (Lipinski definition) is 2. The normalized spacial score (nSPS) is 12.6. The van der Waals surface area contributed by atoms with Crippen molar-refractivity contribution in [2.75, 3.05) is 18.5 Å². The number of aliphatic hydroxyl groups is 1. The molecule has 0 unspecified atom stereocenters. The molecule has 114 valence electrons. The molecule has 0 aromatic carbocycles. The first-order valence-electron chi connectivity index (χ1n) is 6.55. The molecule has 21 heavy (non-hydrogen) atoms. The Bertz CT molecular complexity index is 658. The molecule has 0 aliphatic rings. The number of carbonyl (C=O) groups is 1. The molecule has 2 aromatic heterocycles. The smallest absolute Gasteiger partial charge is 0.323 e. The Morgan fingerprint density at radius 3 is 2.86 bits per heavy atom. The second-order valence-electron chi connectivity index (χ2n) is 4.83. The lowest BCUT2D eigenvalue weighted by atomic mass is 10.2. The Labute approximate surface area is 126 Å². The summed E-state index contributed by atoms with van der Waals surface area (Å²) >= 11 is 5.92. The zero-order valence-corrected chi connectivity index (χ0v) is 12.6. The van der Waals surface area contributed by atoms with Crippen LogP contribution in [0.1, 0.15) is 13.3 Å². The Morgan fingerprint density at radius 1 is 1.52 bits per heavy atom. The minimum Gasteiger partial charge on any atom is -0.480 e. The van der Waals surface area contributed by atoms with Crippen LogP contribution in [0.5, 0.6) is 0 Å². The number of anilines is 1. The SMILES string of the molecule is CC[C@@H](O)CN(C)c1nc(Cl)nc2ccn(CC(=O)O)c12. The molecule has 7 nitrogen and oxygen atoms in total. The van der Waals surface area contributed by atoms with Crippen LogP contribution in [0.3, 0.4) is 0 Å². The Morgan fingerprint density at radius 2 is 2.24 bits per heavy atom. The maximum absolute atomic E-state index is 10.9. The van der Waals surface area contributed by atoms with E-state index < -0.39 is 12.1 Å². The highest BCUT2D eigenvalue weighted by Crippen LogP contribution is 2.26. The minimum atomic E-state index is -0.954. The van der Waals surface area contributed by atoms with Crippen LogP contribution in [-0.2, 0) is 11.3 Å². The first kappa shape index (κ1) is 15.5. The Kier molecular flexibility index (Phi) is 4.64. The number of nitrogens with zero attached hydrogens (tertiary/aromatic N) is 4. The number of aliphatic hydroxyl groups excluding tert-OH is 1. The van der Waals surface area contributed by atoms with Crippen LogP contribution in [-0.4, -0.2) is 50.4 Å². The molecule has 0 fully saturated rings. The number of carboxylic acid groups (broad SMARTS) is 1. The van der Waals surface area contributed by atoms with E-state index in [1.165, 1.54) is 0 Å². The molecule has 8 heteroatoms. The van der Waals surface area contributed by atoms with Crippen molar-refractivity contribution in [2.24, 2.45) is 0 Å².